The molecule has 3 rings (SSSR count). The van der Waals surface area contributed by atoms with Crippen LogP contribution in [0.15, 0.2) is 45.6 Å². The summed E-state index contributed by atoms with van der Waals surface area (Å²) < 4.78 is 10.2. The Morgan fingerprint density at radius 3 is 2.43 bits per heavy atom. The molecule has 6 nitrogen and oxygen atoms in total. The zero-order chi connectivity index (χ0) is 20.1. The Morgan fingerprint density at radius 2 is 1.82 bits per heavy atom. The highest BCUT2D eigenvalue weighted by atomic mass is 16.5. The summed E-state index contributed by atoms with van der Waals surface area (Å²) in [5.41, 5.74) is 1.28. The maximum atomic E-state index is 12.8. The molecule has 0 atom stereocenters. The predicted octanol–water partition coefficient (Wildman–Crippen LogP) is 2.76. The third-order valence-electron chi connectivity index (χ3n) is 5.23. The SMILES string of the molecule is COC(=O)C1CCN(C(=O)c2c(C)cc(CCc3ccccc3)oc2=O)CC1. The van der Waals surface area contributed by atoms with Gasteiger partial charge in [0.25, 0.3) is 5.91 Å². The number of likely N-dealkylation sites (tertiary alicyclic amines) is 1. The van der Waals surface area contributed by atoms with Crippen LogP contribution in [-0.4, -0.2) is 37.0 Å². The molecule has 6 heteroatoms. The van der Waals surface area contributed by atoms with Crippen LogP contribution in [-0.2, 0) is 22.4 Å². The van der Waals surface area contributed by atoms with Crippen molar-refractivity contribution in [2.24, 2.45) is 5.92 Å². The molecule has 0 bridgehead atoms. The summed E-state index contributed by atoms with van der Waals surface area (Å²) in [7, 11) is 1.37. The van der Waals surface area contributed by atoms with Crippen molar-refractivity contribution in [3.63, 3.8) is 0 Å². The summed E-state index contributed by atoms with van der Waals surface area (Å²) in [5, 5.41) is 0. The molecule has 0 unspecified atom stereocenters. The number of esters is 1. The van der Waals surface area contributed by atoms with Gasteiger partial charge in [-0.3, -0.25) is 9.59 Å². The van der Waals surface area contributed by atoms with E-state index in [1.807, 2.05) is 30.3 Å². The highest BCUT2D eigenvalue weighted by Crippen LogP contribution is 2.21. The molecule has 0 radical (unpaired) electrons. The average Bonchev–Trinajstić information content (AvgIpc) is 2.72. The molecule has 1 aliphatic heterocycles. The number of benzene rings is 1. The Balaban J connectivity index is 1.68. The molecule has 2 heterocycles. The smallest absolute Gasteiger partial charge is 0.349 e. The third kappa shape index (κ3) is 4.50. The summed E-state index contributed by atoms with van der Waals surface area (Å²) in [6.07, 6.45) is 2.44. The second kappa shape index (κ2) is 8.87. The molecule has 1 aromatic heterocycles. The zero-order valence-electron chi connectivity index (χ0n) is 16.3. The lowest BCUT2D eigenvalue weighted by Crippen LogP contribution is -2.42. The largest absolute Gasteiger partial charge is 0.469 e. The fourth-order valence-corrected chi connectivity index (χ4v) is 3.61. The average molecular weight is 383 g/mol. The molecule has 2 aromatic rings. The van der Waals surface area contributed by atoms with E-state index < -0.39 is 5.63 Å². The van der Waals surface area contributed by atoms with Crippen LogP contribution in [0, 0.1) is 12.8 Å². The van der Waals surface area contributed by atoms with E-state index in [9.17, 15) is 14.4 Å². The summed E-state index contributed by atoms with van der Waals surface area (Å²) in [5.74, 6) is -0.186. The van der Waals surface area contributed by atoms with Gasteiger partial charge >= 0.3 is 11.6 Å². The Kier molecular flexibility index (Phi) is 6.29. The fraction of sp³-hybridized carbons (Fsp3) is 0.409. The number of hydrogen-bond acceptors (Lipinski definition) is 5. The number of rotatable bonds is 5. The normalized spacial score (nSPS) is 14.7. The summed E-state index contributed by atoms with van der Waals surface area (Å²) in [6.45, 7) is 2.61. The van der Waals surface area contributed by atoms with Gasteiger partial charge in [0, 0.05) is 19.5 Å². The monoisotopic (exact) mass is 383 g/mol. The van der Waals surface area contributed by atoms with Gasteiger partial charge in [0.1, 0.15) is 11.3 Å². The lowest BCUT2D eigenvalue weighted by Gasteiger charge is -2.30. The van der Waals surface area contributed by atoms with Crippen molar-refractivity contribution in [3.8, 4) is 0 Å². The van der Waals surface area contributed by atoms with Crippen LogP contribution in [0.1, 0.15) is 40.1 Å². The predicted molar refractivity (Wildman–Crippen MR) is 104 cm³/mol. The minimum absolute atomic E-state index is 0.0833. The summed E-state index contributed by atoms with van der Waals surface area (Å²) >= 11 is 0. The van der Waals surface area contributed by atoms with Crippen molar-refractivity contribution >= 4 is 11.9 Å². The first kappa shape index (κ1) is 19.9. The van der Waals surface area contributed by atoms with Crippen molar-refractivity contribution in [1.29, 1.82) is 0 Å². The van der Waals surface area contributed by atoms with Gasteiger partial charge < -0.3 is 14.1 Å². The highest BCUT2D eigenvalue weighted by Gasteiger charge is 2.30. The van der Waals surface area contributed by atoms with Crippen LogP contribution in [0.25, 0.3) is 0 Å². The van der Waals surface area contributed by atoms with E-state index in [0.29, 0.717) is 43.7 Å². The number of aryl methyl sites for hydroxylation is 3. The summed E-state index contributed by atoms with van der Waals surface area (Å²) in [6, 6.07) is 11.7. The fourth-order valence-electron chi connectivity index (χ4n) is 3.61. The topological polar surface area (TPSA) is 76.8 Å². The number of carbonyl (C=O) groups excluding carboxylic acids is 2. The van der Waals surface area contributed by atoms with E-state index in [4.69, 9.17) is 9.15 Å². The Labute approximate surface area is 164 Å². The maximum Gasteiger partial charge on any atom is 0.349 e. The van der Waals surface area contributed by atoms with Gasteiger partial charge in [0.15, 0.2) is 0 Å². The minimum Gasteiger partial charge on any atom is -0.469 e. The van der Waals surface area contributed by atoms with Gasteiger partial charge in [-0.15, -0.1) is 0 Å². The number of hydrogen-bond donors (Lipinski definition) is 0. The number of nitrogens with zero attached hydrogens (tertiary/aromatic N) is 1. The molecule has 0 saturated carbocycles. The summed E-state index contributed by atoms with van der Waals surface area (Å²) in [4.78, 5) is 38.6. The lowest BCUT2D eigenvalue weighted by molar-refractivity contribution is -0.146. The zero-order valence-corrected chi connectivity index (χ0v) is 16.3. The molecule has 1 aromatic carbocycles. The Hall–Kier alpha value is -2.89. The van der Waals surface area contributed by atoms with Gasteiger partial charge in [-0.25, -0.2) is 4.79 Å². The standard InChI is InChI=1S/C22H25NO5/c1-15-14-18(9-8-16-6-4-3-5-7-16)28-22(26)19(15)20(24)23-12-10-17(11-13-23)21(25)27-2/h3-7,14,17H,8-13H2,1-2H3. The van der Waals surface area contributed by atoms with Gasteiger partial charge in [0.05, 0.1) is 13.0 Å². The molecule has 1 saturated heterocycles. The van der Waals surface area contributed by atoms with Crippen LogP contribution in [0.3, 0.4) is 0 Å². The van der Waals surface area contributed by atoms with Crippen LogP contribution in [0.4, 0.5) is 0 Å². The van der Waals surface area contributed by atoms with Crippen molar-refractivity contribution in [2.45, 2.75) is 32.6 Å². The van der Waals surface area contributed by atoms with Gasteiger partial charge in [-0.1, -0.05) is 30.3 Å². The Bertz CT molecular complexity index is 895. The van der Waals surface area contributed by atoms with Crippen molar-refractivity contribution in [1.82, 2.24) is 4.90 Å². The molecule has 148 valence electrons. The quantitative estimate of drug-likeness (QED) is 0.742. The second-order valence-corrected chi connectivity index (χ2v) is 7.13. The molecule has 1 fully saturated rings. The first-order valence-corrected chi connectivity index (χ1v) is 9.54. The molecular weight excluding hydrogens is 358 g/mol. The highest BCUT2D eigenvalue weighted by molar-refractivity contribution is 5.95. The molecule has 0 N–H and O–H groups in total. The molecule has 0 aliphatic carbocycles. The van der Waals surface area contributed by atoms with Gasteiger partial charge in [-0.05, 0) is 43.4 Å². The van der Waals surface area contributed by atoms with Crippen molar-refractivity contribution in [2.75, 3.05) is 20.2 Å². The first-order valence-electron chi connectivity index (χ1n) is 9.54. The van der Waals surface area contributed by atoms with Gasteiger partial charge in [-0.2, -0.15) is 0 Å². The molecule has 28 heavy (non-hydrogen) atoms. The Morgan fingerprint density at radius 1 is 1.14 bits per heavy atom. The lowest BCUT2D eigenvalue weighted by atomic mass is 9.96. The molecular formula is C22H25NO5. The van der Waals surface area contributed by atoms with Crippen molar-refractivity contribution in [3.05, 3.63) is 69.3 Å². The van der Waals surface area contributed by atoms with E-state index in [1.54, 1.807) is 17.9 Å². The van der Waals surface area contributed by atoms with Crippen LogP contribution in [0.5, 0.6) is 0 Å². The second-order valence-electron chi connectivity index (χ2n) is 7.13. The first-order chi connectivity index (χ1) is 13.5. The van der Waals surface area contributed by atoms with Crippen LogP contribution < -0.4 is 5.63 Å². The van der Waals surface area contributed by atoms with E-state index >= 15 is 0 Å². The van der Waals surface area contributed by atoms with Crippen LogP contribution >= 0.6 is 0 Å². The van der Waals surface area contributed by atoms with Gasteiger partial charge in [0.2, 0.25) is 0 Å². The third-order valence-corrected chi connectivity index (χ3v) is 5.23. The minimum atomic E-state index is -0.594. The van der Waals surface area contributed by atoms with E-state index in [1.165, 1.54) is 7.11 Å². The van der Waals surface area contributed by atoms with E-state index in [0.717, 1.165) is 12.0 Å². The number of ether oxygens (including phenoxy) is 1. The number of methoxy groups -OCH3 is 1. The van der Waals surface area contributed by atoms with E-state index in [2.05, 4.69) is 0 Å². The van der Waals surface area contributed by atoms with Crippen LogP contribution in [0.2, 0.25) is 0 Å². The molecule has 1 amide bonds. The maximum absolute atomic E-state index is 12.8. The number of amides is 1. The number of carbonyl (C=O) groups is 2. The molecule has 0 spiro atoms. The number of piperidine rings is 1. The van der Waals surface area contributed by atoms with Crippen molar-refractivity contribution < 1.29 is 18.7 Å². The molecule has 1 aliphatic rings. The van der Waals surface area contributed by atoms with E-state index in [-0.39, 0.29) is 23.4 Å².